The second-order valence-electron chi connectivity index (χ2n) is 5.89. The molecule has 0 aliphatic carbocycles. The number of anilines is 2. The lowest BCUT2D eigenvalue weighted by molar-refractivity contribution is -0.115. The molecule has 0 fully saturated rings. The van der Waals surface area contributed by atoms with Crippen LogP contribution in [0.5, 0.6) is 0 Å². The summed E-state index contributed by atoms with van der Waals surface area (Å²) in [6.45, 7) is 0.269. The average molecular weight is 402 g/mol. The number of urea groups is 1. The van der Waals surface area contributed by atoms with Crippen molar-refractivity contribution in [3.8, 4) is 0 Å². The summed E-state index contributed by atoms with van der Waals surface area (Å²) in [5.74, 6) is -0.283. The number of nitrogens with one attached hydrogen (secondary N) is 3. The molecule has 1 heterocycles. The van der Waals surface area contributed by atoms with Crippen molar-refractivity contribution in [3.63, 3.8) is 0 Å². The van der Waals surface area contributed by atoms with Crippen LogP contribution in [0.2, 0.25) is 5.02 Å². The molecule has 28 heavy (non-hydrogen) atoms. The molecule has 0 radical (unpaired) electrons. The summed E-state index contributed by atoms with van der Waals surface area (Å²) in [7, 11) is 0. The molecular formula is C20H17ClFN3O3. The molecule has 3 N–H and O–H groups in total. The van der Waals surface area contributed by atoms with Crippen molar-refractivity contribution in [3.05, 3.63) is 83.0 Å². The number of furan rings is 1. The van der Waals surface area contributed by atoms with Crippen molar-refractivity contribution in [2.75, 3.05) is 10.6 Å². The first-order valence-corrected chi connectivity index (χ1v) is 8.79. The zero-order valence-corrected chi connectivity index (χ0v) is 15.4. The number of hydrogen-bond acceptors (Lipinski definition) is 3. The minimum atomic E-state index is -0.525. The van der Waals surface area contributed by atoms with Crippen LogP contribution in [-0.2, 0) is 17.8 Å². The Kier molecular flexibility index (Phi) is 6.29. The van der Waals surface area contributed by atoms with E-state index in [-0.39, 0.29) is 29.6 Å². The van der Waals surface area contributed by atoms with Gasteiger partial charge in [-0.1, -0.05) is 17.7 Å². The molecule has 0 spiro atoms. The molecule has 144 valence electrons. The van der Waals surface area contributed by atoms with Gasteiger partial charge in [0, 0.05) is 22.0 Å². The molecule has 2 aromatic carbocycles. The topological polar surface area (TPSA) is 83.4 Å². The van der Waals surface area contributed by atoms with E-state index in [9.17, 15) is 14.0 Å². The van der Waals surface area contributed by atoms with Crippen molar-refractivity contribution >= 4 is 34.9 Å². The largest absolute Gasteiger partial charge is 0.467 e. The summed E-state index contributed by atoms with van der Waals surface area (Å²) < 4.78 is 18.9. The normalized spacial score (nSPS) is 10.4. The SMILES string of the molecule is O=C(Cc1c(F)cccc1Cl)Nc1ccc(NC(=O)NCc2ccco2)cc1. The lowest BCUT2D eigenvalue weighted by atomic mass is 10.1. The fourth-order valence-electron chi connectivity index (χ4n) is 2.46. The zero-order valence-electron chi connectivity index (χ0n) is 14.7. The highest BCUT2D eigenvalue weighted by molar-refractivity contribution is 6.31. The Labute approximate surface area is 165 Å². The van der Waals surface area contributed by atoms with Crippen LogP contribution >= 0.6 is 11.6 Å². The van der Waals surface area contributed by atoms with Gasteiger partial charge in [0.2, 0.25) is 5.91 Å². The Bertz CT molecular complexity index is 939. The maximum atomic E-state index is 13.8. The van der Waals surface area contributed by atoms with Gasteiger partial charge in [-0.2, -0.15) is 0 Å². The summed E-state index contributed by atoms with van der Waals surface area (Å²) in [6.07, 6.45) is 1.35. The van der Waals surface area contributed by atoms with Crippen molar-refractivity contribution in [2.45, 2.75) is 13.0 Å². The third kappa shape index (κ3) is 5.34. The van der Waals surface area contributed by atoms with Gasteiger partial charge in [-0.3, -0.25) is 4.79 Å². The van der Waals surface area contributed by atoms with E-state index in [1.54, 1.807) is 36.4 Å². The smallest absolute Gasteiger partial charge is 0.319 e. The van der Waals surface area contributed by atoms with E-state index in [1.165, 1.54) is 24.5 Å². The molecule has 6 nitrogen and oxygen atoms in total. The third-order valence-corrected chi connectivity index (χ3v) is 4.18. The highest BCUT2D eigenvalue weighted by atomic mass is 35.5. The van der Waals surface area contributed by atoms with Crippen molar-refractivity contribution < 1.29 is 18.4 Å². The molecule has 0 atom stereocenters. The van der Waals surface area contributed by atoms with Gasteiger partial charge in [-0.15, -0.1) is 0 Å². The third-order valence-electron chi connectivity index (χ3n) is 3.83. The first-order chi connectivity index (χ1) is 13.5. The monoisotopic (exact) mass is 401 g/mol. The van der Waals surface area contributed by atoms with Crippen LogP contribution < -0.4 is 16.0 Å². The Morgan fingerprint density at radius 3 is 2.32 bits per heavy atom. The molecule has 3 amide bonds. The summed E-state index contributed by atoms with van der Waals surface area (Å²) in [5, 5.41) is 8.19. The molecule has 3 aromatic rings. The van der Waals surface area contributed by atoms with Crippen LogP contribution in [0.15, 0.2) is 65.3 Å². The highest BCUT2D eigenvalue weighted by Crippen LogP contribution is 2.20. The fraction of sp³-hybridized carbons (Fsp3) is 0.100. The summed E-state index contributed by atoms with van der Waals surface area (Å²) in [6, 6.07) is 13.9. The minimum absolute atomic E-state index is 0.146. The number of carbonyl (C=O) groups excluding carboxylic acids is 2. The zero-order chi connectivity index (χ0) is 19.9. The predicted molar refractivity (Wildman–Crippen MR) is 105 cm³/mol. The molecule has 0 saturated heterocycles. The molecule has 0 saturated carbocycles. The van der Waals surface area contributed by atoms with Gasteiger partial charge in [-0.05, 0) is 48.5 Å². The first-order valence-electron chi connectivity index (χ1n) is 8.41. The van der Waals surface area contributed by atoms with E-state index >= 15 is 0 Å². The Morgan fingerprint density at radius 1 is 0.964 bits per heavy atom. The first kappa shape index (κ1) is 19.4. The molecule has 0 unspecified atom stereocenters. The van der Waals surface area contributed by atoms with Gasteiger partial charge < -0.3 is 20.4 Å². The van der Waals surface area contributed by atoms with Gasteiger partial charge in [-0.25, -0.2) is 9.18 Å². The van der Waals surface area contributed by atoms with Crippen LogP contribution in [0, 0.1) is 5.82 Å². The van der Waals surface area contributed by atoms with Crippen LogP contribution in [-0.4, -0.2) is 11.9 Å². The van der Waals surface area contributed by atoms with Crippen molar-refractivity contribution in [2.24, 2.45) is 0 Å². The molecule has 0 bridgehead atoms. The van der Waals surface area contributed by atoms with Gasteiger partial charge in [0.05, 0.1) is 19.2 Å². The van der Waals surface area contributed by atoms with E-state index in [4.69, 9.17) is 16.0 Å². The Morgan fingerprint density at radius 2 is 1.68 bits per heavy atom. The molecule has 0 aliphatic heterocycles. The number of hydrogen-bond donors (Lipinski definition) is 3. The number of amides is 3. The maximum Gasteiger partial charge on any atom is 0.319 e. The average Bonchev–Trinajstić information content (AvgIpc) is 3.18. The van der Waals surface area contributed by atoms with Gasteiger partial charge in [0.1, 0.15) is 11.6 Å². The van der Waals surface area contributed by atoms with Crippen molar-refractivity contribution in [1.29, 1.82) is 0 Å². The molecule has 3 rings (SSSR count). The second kappa shape index (κ2) is 9.05. The number of benzene rings is 2. The summed E-state index contributed by atoms with van der Waals surface area (Å²) in [4.78, 5) is 24.0. The minimum Gasteiger partial charge on any atom is -0.467 e. The molecule has 0 aliphatic rings. The lowest BCUT2D eigenvalue weighted by Crippen LogP contribution is -2.27. The molecule has 1 aromatic heterocycles. The fourth-order valence-corrected chi connectivity index (χ4v) is 2.69. The molecule has 8 heteroatoms. The number of carbonyl (C=O) groups is 2. The predicted octanol–water partition coefficient (Wildman–Crippen LogP) is 4.58. The van der Waals surface area contributed by atoms with Crippen molar-refractivity contribution in [1.82, 2.24) is 5.32 Å². The standard InChI is InChI=1S/C20H17ClFN3O3/c21-17-4-1-5-18(22)16(17)11-19(26)24-13-6-8-14(9-7-13)25-20(27)23-12-15-3-2-10-28-15/h1-10H,11-12H2,(H,24,26)(H2,23,25,27). The van der Waals surface area contributed by atoms with E-state index in [2.05, 4.69) is 16.0 Å². The maximum absolute atomic E-state index is 13.8. The van der Waals surface area contributed by atoms with Crippen LogP contribution in [0.25, 0.3) is 0 Å². The lowest BCUT2D eigenvalue weighted by Gasteiger charge is -2.09. The quantitative estimate of drug-likeness (QED) is 0.565. The highest BCUT2D eigenvalue weighted by Gasteiger charge is 2.12. The number of halogens is 2. The van der Waals surface area contributed by atoms with E-state index in [0.29, 0.717) is 17.1 Å². The molecular weight excluding hydrogens is 385 g/mol. The van der Waals surface area contributed by atoms with Crippen LogP contribution in [0.1, 0.15) is 11.3 Å². The Balaban J connectivity index is 1.51. The number of rotatable bonds is 6. The van der Waals surface area contributed by atoms with Gasteiger partial charge in [0.15, 0.2) is 0 Å². The summed E-state index contributed by atoms with van der Waals surface area (Å²) in [5.41, 5.74) is 1.21. The van der Waals surface area contributed by atoms with Gasteiger partial charge >= 0.3 is 6.03 Å². The second-order valence-corrected chi connectivity index (χ2v) is 6.30. The van der Waals surface area contributed by atoms with Gasteiger partial charge in [0.25, 0.3) is 0 Å². The Hall–Kier alpha value is -3.32. The van der Waals surface area contributed by atoms with E-state index < -0.39 is 11.7 Å². The van der Waals surface area contributed by atoms with Crippen LogP contribution in [0.3, 0.4) is 0 Å². The summed E-state index contributed by atoms with van der Waals surface area (Å²) >= 11 is 5.93. The van der Waals surface area contributed by atoms with E-state index in [1.807, 2.05) is 0 Å². The van der Waals surface area contributed by atoms with E-state index in [0.717, 1.165) is 0 Å². The van der Waals surface area contributed by atoms with Crippen LogP contribution in [0.4, 0.5) is 20.6 Å².